The molecule has 0 unspecified atom stereocenters. The lowest BCUT2D eigenvalue weighted by Gasteiger charge is -2.08. The minimum absolute atomic E-state index is 0.121. The molecule has 1 aliphatic rings. The highest BCUT2D eigenvalue weighted by molar-refractivity contribution is 8.15. The molecule has 3 rings (SSSR count). The van der Waals surface area contributed by atoms with Crippen LogP contribution in [0.2, 0.25) is 10.0 Å². The number of amides is 1. The Morgan fingerprint density at radius 1 is 1.23 bits per heavy atom. The maximum atomic E-state index is 12.1. The smallest absolute Gasteiger partial charge is 0.239 e. The van der Waals surface area contributed by atoms with Crippen molar-refractivity contribution in [2.24, 2.45) is 10.2 Å². The Bertz CT molecular complexity index is 869. The van der Waals surface area contributed by atoms with E-state index in [0.29, 0.717) is 21.6 Å². The van der Waals surface area contributed by atoms with Crippen molar-refractivity contribution in [3.63, 3.8) is 0 Å². The van der Waals surface area contributed by atoms with Crippen LogP contribution >= 0.6 is 35.0 Å². The fourth-order valence-corrected chi connectivity index (χ4v) is 3.68. The van der Waals surface area contributed by atoms with Crippen molar-refractivity contribution in [2.45, 2.75) is 11.7 Å². The maximum Gasteiger partial charge on any atom is 0.239 e. The van der Waals surface area contributed by atoms with Gasteiger partial charge in [-0.1, -0.05) is 47.1 Å². The summed E-state index contributed by atoms with van der Waals surface area (Å²) in [6.07, 6.45) is 2.08. The molecule has 1 aliphatic heterocycles. The zero-order valence-corrected chi connectivity index (χ0v) is 16.1. The van der Waals surface area contributed by atoms with Crippen molar-refractivity contribution in [2.75, 3.05) is 7.11 Å². The lowest BCUT2D eigenvalue weighted by atomic mass is 10.1. The molecule has 1 fully saturated rings. The van der Waals surface area contributed by atoms with Gasteiger partial charge < -0.3 is 10.1 Å². The van der Waals surface area contributed by atoms with Crippen LogP contribution in [0.1, 0.15) is 11.1 Å². The van der Waals surface area contributed by atoms with E-state index in [1.807, 2.05) is 36.4 Å². The molecule has 0 bridgehead atoms. The molecule has 0 saturated carbocycles. The van der Waals surface area contributed by atoms with Gasteiger partial charge in [0.1, 0.15) is 5.75 Å². The third kappa shape index (κ3) is 4.58. The van der Waals surface area contributed by atoms with Gasteiger partial charge in [0, 0.05) is 0 Å². The number of benzene rings is 2. The van der Waals surface area contributed by atoms with Crippen molar-refractivity contribution in [1.29, 1.82) is 0 Å². The summed E-state index contributed by atoms with van der Waals surface area (Å²) < 4.78 is 5.10. The molecule has 1 N–H and O–H groups in total. The van der Waals surface area contributed by atoms with Gasteiger partial charge in [-0.05, 0) is 47.9 Å². The van der Waals surface area contributed by atoms with Gasteiger partial charge in [-0.25, -0.2) is 0 Å². The molecular weight excluding hydrogens is 393 g/mol. The molecule has 0 aliphatic carbocycles. The monoisotopic (exact) mass is 407 g/mol. The number of thioether (sulfide) groups is 1. The molecule has 0 spiro atoms. The van der Waals surface area contributed by atoms with E-state index >= 15 is 0 Å². The van der Waals surface area contributed by atoms with Crippen LogP contribution in [0, 0.1) is 0 Å². The summed E-state index contributed by atoms with van der Waals surface area (Å²) in [5.41, 5.74) is 1.71. The number of amidine groups is 1. The molecule has 1 saturated heterocycles. The Morgan fingerprint density at radius 3 is 2.73 bits per heavy atom. The molecule has 26 heavy (non-hydrogen) atoms. The van der Waals surface area contributed by atoms with Crippen LogP contribution in [0.25, 0.3) is 0 Å². The number of rotatable bonds is 5. The summed E-state index contributed by atoms with van der Waals surface area (Å²) in [4.78, 5) is 12.1. The quantitative estimate of drug-likeness (QED) is 0.597. The Hall–Kier alpha value is -2.02. The summed E-state index contributed by atoms with van der Waals surface area (Å²) in [5, 5.41) is 11.9. The van der Waals surface area contributed by atoms with Crippen molar-refractivity contribution in [1.82, 2.24) is 5.32 Å². The number of nitrogens with zero attached hydrogens (tertiary/aromatic N) is 2. The van der Waals surface area contributed by atoms with Crippen LogP contribution in [-0.4, -0.2) is 29.6 Å². The van der Waals surface area contributed by atoms with Crippen LogP contribution < -0.4 is 10.1 Å². The van der Waals surface area contributed by atoms with E-state index in [2.05, 4.69) is 15.5 Å². The molecule has 0 radical (unpaired) electrons. The van der Waals surface area contributed by atoms with E-state index in [1.54, 1.807) is 19.4 Å². The molecule has 0 aromatic heterocycles. The lowest BCUT2D eigenvalue weighted by molar-refractivity contribution is -0.118. The standard InChI is InChI=1S/C18H15Cl2N3O2S/c1-25-13-7-5-11(6-8-13)10-21-23-18-22-17(24)15(26-18)9-12-3-2-4-14(19)16(12)20/h2-8,10,15H,9H2,1H3,(H,22,23,24)/b21-10-/t15-/m1/s1. The first kappa shape index (κ1) is 18.8. The molecular formula is C18H15Cl2N3O2S. The average Bonchev–Trinajstić information content (AvgIpc) is 2.99. The second-order valence-electron chi connectivity index (χ2n) is 5.44. The van der Waals surface area contributed by atoms with E-state index in [4.69, 9.17) is 27.9 Å². The predicted octanol–water partition coefficient (Wildman–Crippen LogP) is 4.17. The topological polar surface area (TPSA) is 63.1 Å². The minimum Gasteiger partial charge on any atom is -0.497 e. The van der Waals surface area contributed by atoms with E-state index in [9.17, 15) is 4.79 Å². The van der Waals surface area contributed by atoms with E-state index < -0.39 is 0 Å². The first-order chi connectivity index (χ1) is 12.6. The van der Waals surface area contributed by atoms with Crippen LogP contribution in [0.5, 0.6) is 5.75 Å². The second-order valence-corrected chi connectivity index (χ2v) is 7.41. The number of carbonyl (C=O) groups excluding carboxylic acids is 1. The highest BCUT2D eigenvalue weighted by Crippen LogP contribution is 2.30. The normalized spacial score (nSPS) is 18.5. The third-order valence-electron chi connectivity index (χ3n) is 3.68. The SMILES string of the molecule is COc1ccc(/C=N\N=C2/NC(=O)[C@@H](Cc3cccc(Cl)c3Cl)S2)cc1. The molecule has 2 aromatic rings. The number of methoxy groups -OCH3 is 1. The first-order valence-electron chi connectivity index (χ1n) is 7.72. The molecule has 8 heteroatoms. The average molecular weight is 408 g/mol. The molecule has 134 valence electrons. The number of hydrogen-bond acceptors (Lipinski definition) is 5. The van der Waals surface area contributed by atoms with E-state index in [1.165, 1.54) is 11.8 Å². The van der Waals surface area contributed by atoms with Crippen molar-refractivity contribution < 1.29 is 9.53 Å². The molecule has 1 amide bonds. The van der Waals surface area contributed by atoms with Crippen LogP contribution in [0.3, 0.4) is 0 Å². The Labute approximate surface area is 165 Å². The van der Waals surface area contributed by atoms with Gasteiger partial charge in [0.05, 0.1) is 28.6 Å². The van der Waals surface area contributed by atoms with Gasteiger partial charge in [0.15, 0.2) is 5.17 Å². The first-order valence-corrected chi connectivity index (χ1v) is 9.36. The number of ether oxygens (including phenoxy) is 1. The Balaban J connectivity index is 1.64. The van der Waals surface area contributed by atoms with Gasteiger partial charge in [0.25, 0.3) is 0 Å². The van der Waals surface area contributed by atoms with Gasteiger partial charge in [-0.3, -0.25) is 4.79 Å². The number of halogens is 2. The fourth-order valence-electron chi connectivity index (χ4n) is 2.33. The summed E-state index contributed by atoms with van der Waals surface area (Å²) in [6.45, 7) is 0. The summed E-state index contributed by atoms with van der Waals surface area (Å²) in [6, 6.07) is 12.8. The number of hydrogen-bond donors (Lipinski definition) is 1. The predicted molar refractivity (Wildman–Crippen MR) is 108 cm³/mol. The maximum absolute atomic E-state index is 12.1. The highest BCUT2D eigenvalue weighted by atomic mass is 35.5. The lowest BCUT2D eigenvalue weighted by Crippen LogP contribution is -2.26. The molecule has 2 aromatic carbocycles. The van der Waals surface area contributed by atoms with Gasteiger partial charge in [-0.2, -0.15) is 5.10 Å². The zero-order valence-electron chi connectivity index (χ0n) is 13.8. The summed E-state index contributed by atoms with van der Waals surface area (Å²) in [7, 11) is 1.61. The van der Waals surface area contributed by atoms with Crippen LogP contribution in [-0.2, 0) is 11.2 Å². The van der Waals surface area contributed by atoms with Crippen LogP contribution in [0.15, 0.2) is 52.7 Å². The third-order valence-corrected chi connectivity index (χ3v) is 5.61. The summed E-state index contributed by atoms with van der Waals surface area (Å²) >= 11 is 13.5. The van der Waals surface area contributed by atoms with Crippen LogP contribution in [0.4, 0.5) is 0 Å². The van der Waals surface area contributed by atoms with E-state index in [0.717, 1.165) is 16.9 Å². The largest absolute Gasteiger partial charge is 0.497 e. The Kier molecular flexibility index (Phi) is 6.19. The second kappa shape index (κ2) is 8.58. The van der Waals surface area contributed by atoms with Gasteiger partial charge in [0.2, 0.25) is 5.91 Å². The van der Waals surface area contributed by atoms with Crippen molar-refractivity contribution >= 4 is 52.3 Å². The number of carbonyl (C=O) groups is 1. The molecule has 1 atom stereocenters. The zero-order chi connectivity index (χ0) is 18.5. The Morgan fingerprint density at radius 2 is 2.00 bits per heavy atom. The number of nitrogens with one attached hydrogen (secondary N) is 1. The van der Waals surface area contributed by atoms with Crippen molar-refractivity contribution in [3.05, 3.63) is 63.6 Å². The molecule has 5 nitrogen and oxygen atoms in total. The summed E-state index contributed by atoms with van der Waals surface area (Å²) in [5.74, 6) is 0.652. The molecule has 1 heterocycles. The fraction of sp³-hybridized carbons (Fsp3) is 0.167. The minimum atomic E-state index is -0.319. The van der Waals surface area contributed by atoms with Gasteiger partial charge in [-0.15, -0.1) is 5.10 Å². The van der Waals surface area contributed by atoms with Crippen molar-refractivity contribution in [3.8, 4) is 5.75 Å². The van der Waals surface area contributed by atoms with E-state index in [-0.39, 0.29) is 11.2 Å². The van der Waals surface area contributed by atoms with Gasteiger partial charge >= 0.3 is 0 Å². The highest BCUT2D eigenvalue weighted by Gasteiger charge is 2.31.